The molecule has 1 heterocycles. The van der Waals surface area contributed by atoms with E-state index in [2.05, 4.69) is 17.2 Å². The molecule has 0 amide bonds. The largest absolute Gasteiger partial charge is 0.478 e. The minimum Gasteiger partial charge on any atom is -0.478 e. The maximum Gasteiger partial charge on any atom is 0.339 e. The lowest BCUT2D eigenvalue weighted by Gasteiger charge is -2.28. The average Bonchev–Trinajstić information content (AvgIpc) is 2.49. The first-order valence-electron chi connectivity index (χ1n) is 7.52. The second-order valence-electron chi connectivity index (χ2n) is 5.97. The molecule has 0 atom stereocenters. The predicted molar refractivity (Wildman–Crippen MR) is 83.7 cm³/mol. The Morgan fingerprint density at radius 3 is 2.67 bits per heavy atom. The highest BCUT2D eigenvalue weighted by Crippen LogP contribution is 2.31. The van der Waals surface area contributed by atoms with Crippen molar-refractivity contribution in [1.29, 1.82) is 0 Å². The number of hydrogen-bond acceptors (Lipinski definition) is 3. The van der Waals surface area contributed by atoms with Crippen LogP contribution in [0.4, 0.5) is 5.69 Å². The van der Waals surface area contributed by atoms with Crippen molar-refractivity contribution in [3.8, 4) is 0 Å². The zero-order valence-corrected chi connectivity index (χ0v) is 12.2. The van der Waals surface area contributed by atoms with Gasteiger partial charge in [0.25, 0.3) is 0 Å². The molecule has 3 rings (SSSR count). The highest BCUT2D eigenvalue weighted by Gasteiger charge is 2.21. The summed E-state index contributed by atoms with van der Waals surface area (Å²) < 4.78 is 0. The normalized spacial score (nSPS) is 22.1. The SMILES string of the molecule is CC1CCC(Nc2c(C(=O)O)cnc3ccccc23)CC1. The lowest BCUT2D eigenvalue weighted by atomic mass is 9.87. The van der Waals surface area contributed by atoms with Crippen LogP contribution in [0.1, 0.15) is 43.0 Å². The molecule has 0 unspecified atom stereocenters. The number of carboxylic acids is 1. The van der Waals surface area contributed by atoms with E-state index in [1.807, 2.05) is 24.3 Å². The van der Waals surface area contributed by atoms with E-state index >= 15 is 0 Å². The fraction of sp³-hybridized carbons (Fsp3) is 0.412. The Hall–Kier alpha value is -2.10. The standard InChI is InChI=1S/C17H20N2O2/c1-11-6-8-12(9-7-11)19-16-13-4-2-3-5-15(13)18-10-14(16)17(20)21/h2-5,10-12H,6-9H2,1H3,(H,18,19)(H,20,21). The van der Waals surface area contributed by atoms with Crippen molar-refractivity contribution in [2.45, 2.75) is 38.6 Å². The maximum absolute atomic E-state index is 11.5. The van der Waals surface area contributed by atoms with Crippen LogP contribution >= 0.6 is 0 Å². The highest BCUT2D eigenvalue weighted by atomic mass is 16.4. The van der Waals surface area contributed by atoms with E-state index in [0.29, 0.717) is 11.7 Å². The first-order valence-corrected chi connectivity index (χ1v) is 7.52. The predicted octanol–water partition coefficient (Wildman–Crippen LogP) is 3.92. The lowest BCUT2D eigenvalue weighted by Crippen LogP contribution is -2.26. The van der Waals surface area contributed by atoms with E-state index < -0.39 is 5.97 Å². The van der Waals surface area contributed by atoms with Crippen molar-refractivity contribution in [1.82, 2.24) is 4.98 Å². The number of nitrogens with zero attached hydrogens (tertiary/aromatic N) is 1. The van der Waals surface area contributed by atoms with Crippen LogP contribution < -0.4 is 5.32 Å². The van der Waals surface area contributed by atoms with Crippen LogP contribution in [0.15, 0.2) is 30.5 Å². The van der Waals surface area contributed by atoms with Gasteiger partial charge in [0.15, 0.2) is 0 Å². The van der Waals surface area contributed by atoms with Crippen molar-refractivity contribution in [3.63, 3.8) is 0 Å². The quantitative estimate of drug-likeness (QED) is 0.896. The van der Waals surface area contributed by atoms with Crippen LogP contribution in [0.5, 0.6) is 0 Å². The number of aromatic carboxylic acids is 1. The fourth-order valence-electron chi connectivity index (χ4n) is 3.07. The molecule has 1 fully saturated rings. The molecule has 1 aliphatic rings. The maximum atomic E-state index is 11.5. The molecule has 2 N–H and O–H groups in total. The van der Waals surface area contributed by atoms with Gasteiger partial charge in [0, 0.05) is 17.6 Å². The highest BCUT2D eigenvalue weighted by molar-refractivity contribution is 6.04. The smallest absolute Gasteiger partial charge is 0.339 e. The lowest BCUT2D eigenvalue weighted by molar-refractivity contribution is 0.0697. The van der Waals surface area contributed by atoms with Gasteiger partial charge in [-0.25, -0.2) is 4.79 Å². The average molecular weight is 284 g/mol. The van der Waals surface area contributed by atoms with Crippen LogP contribution in [-0.2, 0) is 0 Å². The van der Waals surface area contributed by atoms with Crippen LogP contribution in [0, 0.1) is 5.92 Å². The molecule has 0 bridgehead atoms. The number of rotatable bonds is 3. The van der Waals surface area contributed by atoms with Crippen LogP contribution in [0.3, 0.4) is 0 Å². The second-order valence-corrected chi connectivity index (χ2v) is 5.97. The Kier molecular flexibility index (Phi) is 3.78. The molecule has 110 valence electrons. The number of benzene rings is 1. The van der Waals surface area contributed by atoms with Gasteiger partial charge >= 0.3 is 5.97 Å². The summed E-state index contributed by atoms with van der Waals surface area (Å²) >= 11 is 0. The zero-order valence-electron chi connectivity index (χ0n) is 12.2. The van der Waals surface area contributed by atoms with Gasteiger partial charge in [-0.2, -0.15) is 0 Å². The Morgan fingerprint density at radius 2 is 1.95 bits per heavy atom. The Morgan fingerprint density at radius 1 is 1.24 bits per heavy atom. The van der Waals surface area contributed by atoms with Crippen LogP contribution in [0.2, 0.25) is 0 Å². The molecule has 2 aromatic rings. The number of aromatic nitrogens is 1. The van der Waals surface area contributed by atoms with Crippen molar-refractivity contribution in [2.75, 3.05) is 5.32 Å². The topological polar surface area (TPSA) is 62.2 Å². The van der Waals surface area contributed by atoms with E-state index in [1.165, 1.54) is 19.0 Å². The molecule has 0 spiro atoms. The Labute approximate surface area is 124 Å². The third-order valence-corrected chi connectivity index (χ3v) is 4.37. The van der Waals surface area contributed by atoms with Crippen molar-refractivity contribution < 1.29 is 9.90 Å². The minimum atomic E-state index is -0.931. The number of para-hydroxylation sites is 1. The van der Waals surface area contributed by atoms with E-state index in [-0.39, 0.29) is 5.56 Å². The number of anilines is 1. The van der Waals surface area contributed by atoms with Gasteiger partial charge in [0.1, 0.15) is 5.56 Å². The summed E-state index contributed by atoms with van der Waals surface area (Å²) in [5.74, 6) is -0.156. The molecule has 0 aliphatic heterocycles. The summed E-state index contributed by atoms with van der Waals surface area (Å²) in [6, 6.07) is 8.04. The molecular formula is C17H20N2O2. The molecular weight excluding hydrogens is 264 g/mol. The molecule has 4 heteroatoms. The third-order valence-electron chi connectivity index (χ3n) is 4.37. The van der Waals surface area contributed by atoms with E-state index in [1.54, 1.807) is 0 Å². The van der Waals surface area contributed by atoms with Crippen molar-refractivity contribution >= 4 is 22.6 Å². The van der Waals surface area contributed by atoms with Crippen LogP contribution in [0.25, 0.3) is 10.9 Å². The molecule has 1 aromatic heterocycles. The molecule has 1 aromatic carbocycles. The van der Waals surface area contributed by atoms with Crippen molar-refractivity contribution in [3.05, 3.63) is 36.0 Å². The van der Waals surface area contributed by atoms with Gasteiger partial charge in [0.2, 0.25) is 0 Å². The van der Waals surface area contributed by atoms with E-state index in [4.69, 9.17) is 0 Å². The van der Waals surface area contributed by atoms with E-state index in [9.17, 15) is 9.90 Å². The third kappa shape index (κ3) is 2.84. The number of nitrogens with one attached hydrogen (secondary N) is 1. The van der Waals surface area contributed by atoms with Gasteiger partial charge in [-0.15, -0.1) is 0 Å². The molecule has 0 radical (unpaired) electrons. The van der Waals surface area contributed by atoms with Gasteiger partial charge in [-0.3, -0.25) is 4.98 Å². The summed E-state index contributed by atoms with van der Waals surface area (Å²) in [6.45, 7) is 2.28. The van der Waals surface area contributed by atoms with Gasteiger partial charge in [-0.1, -0.05) is 25.1 Å². The first kappa shape index (κ1) is 13.9. The Bertz CT molecular complexity index is 661. The monoisotopic (exact) mass is 284 g/mol. The minimum absolute atomic E-state index is 0.257. The number of pyridine rings is 1. The summed E-state index contributed by atoms with van der Waals surface area (Å²) in [4.78, 5) is 15.7. The molecule has 21 heavy (non-hydrogen) atoms. The second kappa shape index (κ2) is 5.72. The number of hydrogen-bond donors (Lipinski definition) is 2. The number of fused-ring (bicyclic) bond motifs is 1. The molecule has 0 saturated heterocycles. The molecule has 4 nitrogen and oxygen atoms in total. The van der Waals surface area contributed by atoms with Gasteiger partial charge < -0.3 is 10.4 Å². The summed E-state index contributed by atoms with van der Waals surface area (Å²) in [7, 11) is 0. The summed E-state index contributed by atoms with van der Waals surface area (Å²) in [6.07, 6.45) is 6.04. The number of carbonyl (C=O) groups is 1. The molecule has 1 aliphatic carbocycles. The summed E-state index contributed by atoms with van der Waals surface area (Å²) in [5.41, 5.74) is 1.80. The van der Waals surface area contributed by atoms with Crippen LogP contribution in [-0.4, -0.2) is 22.1 Å². The fourth-order valence-corrected chi connectivity index (χ4v) is 3.07. The van der Waals surface area contributed by atoms with Gasteiger partial charge in [0.05, 0.1) is 11.2 Å². The van der Waals surface area contributed by atoms with Gasteiger partial charge in [-0.05, 0) is 37.7 Å². The molecule has 1 saturated carbocycles. The Balaban J connectivity index is 1.98. The number of carboxylic acid groups (broad SMARTS) is 1. The zero-order chi connectivity index (χ0) is 14.8. The first-order chi connectivity index (χ1) is 10.1. The van der Waals surface area contributed by atoms with E-state index in [0.717, 1.165) is 29.7 Å². The summed E-state index contributed by atoms with van der Waals surface area (Å²) in [5, 5.41) is 13.8. The van der Waals surface area contributed by atoms with Crippen molar-refractivity contribution in [2.24, 2.45) is 5.92 Å².